The zero-order valence-electron chi connectivity index (χ0n) is 4.48. The zero-order chi connectivity index (χ0) is 4.85. The molecule has 3 heteroatoms. The van der Waals surface area contributed by atoms with Crippen LogP contribution in [0.4, 0.5) is 0 Å². The van der Waals surface area contributed by atoms with E-state index in [9.17, 15) is 0 Å². The molecule has 0 aromatic heterocycles. The van der Waals surface area contributed by atoms with E-state index >= 15 is 0 Å². The average Bonchev–Trinajstić information content (AvgIpc) is 2.33. The molecule has 0 amide bonds. The van der Waals surface area contributed by atoms with Crippen molar-refractivity contribution in [2.24, 2.45) is 11.7 Å². The monoisotopic (exact) mass is 132 g/mol. The van der Waals surface area contributed by atoms with Crippen molar-refractivity contribution >= 4 is 12.4 Å². The highest BCUT2D eigenvalue weighted by molar-refractivity contribution is 5.85. The van der Waals surface area contributed by atoms with Crippen LogP contribution in [0.3, 0.4) is 0 Å². The van der Waals surface area contributed by atoms with Gasteiger partial charge in [-0.3, -0.25) is 0 Å². The molecule has 1 aliphatic heterocycles. The summed E-state index contributed by atoms with van der Waals surface area (Å²) in [4.78, 5) is 0. The molecule has 0 radical (unpaired) electrons. The Balaban J connectivity index is 0.000000320. The summed E-state index contributed by atoms with van der Waals surface area (Å²) in [6, 6.07) is 0. The molecule has 2 nitrogen and oxygen atoms in total. The number of rotatable bonds is 0. The second-order valence-electron chi connectivity index (χ2n) is 2.22. The topological polar surface area (TPSA) is 38.0 Å². The zero-order valence-corrected chi connectivity index (χ0v) is 5.29. The number of hydrogen-bond donors (Lipinski definition) is 2. The van der Waals surface area contributed by atoms with Crippen molar-refractivity contribution in [3.05, 3.63) is 11.4 Å². The van der Waals surface area contributed by atoms with Crippen LogP contribution in [0.25, 0.3) is 0 Å². The molecule has 1 unspecified atom stereocenters. The van der Waals surface area contributed by atoms with Gasteiger partial charge in [0.1, 0.15) is 0 Å². The van der Waals surface area contributed by atoms with E-state index in [4.69, 9.17) is 5.73 Å². The van der Waals surface area contributed by atoms with E-state index < -0.39 is 0 Å². The molecule has 0 aromatic rings. The van der Waals surface area contributed by atoms with Crippen molar-refractivity contribution < 1.29 is 0 Å². The first-order valence-corrected chi connectivity index (χ1v) is 2.60. The Hall–Kier alpha value is -0.370. The Morgan fingerprint density at radius 1 is 1.62 bits per heavy atom. The van der Waals surface area contributed by atoms with Crippen LogP contribution in [0, 0.1) is 5.92 Å². The molecule has 2 aliphatic rings. The Labute approximate surface area is 54.5 Å². The third kappa shape index (κ3) is 0.564. The van der Waals surface area contributed by atoms with Gasteiger partial charge in [0.2, 0.25) is 0 Å². The summed E-state index contributed by atoms with van der Waals surface area (Å²) in [5.41, 5.74) is 6.95. The van der Waals surface area contributed by atoms with Crippen molar-refractivity contribution in [3.8, 4) is 0 Å². The molecule has 0 saturated heterocycles. The summed E-state index contributed by atoms with van der Waals surface area (Å²) in [6.45, 7) is 1.10. The molecule has 0 aromatic carbocycles. The quantitative estimate of drug-likeness (QED) is 0.494. The first kappa shape index (κ1) is 5.76. The minimum Gasteiger partial charge on any atom is -0.386 e. The van der Waals surface area contributed by atoms with Gasteiger partial charge in [0.25, 0.3) is 0 Å². The lowest BCUT2D eigenvalue weighted by atomic mass is 10.4. The lowest BCUT2D eigenvalue weighted by Crippen LogP contribution is -2.17. The maximum absolute atomic E-state index is 5.49. The SMILES string of the molecule is Cl.NC1=C2CC2CN1. The molecular weight excluding hydrogens is 124 g/mol. The summed E-state index contributed by atoms with van der Waals surface area (Å²) in [6.07, 6.45) is 1.26. The molecule has 46 valence electrons. The van der Waals surface area contributed by atoms with Crippen molar-refractivity contribution in [1.29, 1.82) is 0 Å². The van der Waals surface area contributed by atoms with Crippen molar-refractivity contribution in [2.75, 3.05) is 6.54 Å². The Morgan fingerprint density at radius 2 is 2.38 bits per heavy atom. The highest BCUT2D eigenvalue weighted by atomic mass is 35.5. The van der Waals surface area contributed by atoms with Gasteiger partial charge in [-0.2, -0.15) is 0 Å². The van der Waals surface area contributed by atoms with Crippen LogP contribution >= 0.6 is 12.4 Å². The summed E-state index contributed by atoms with van der Waals surface area (Å²) in [5, 5.41) is 3.08. The number of nitrogens with two attached hydrogens (primary N) is 1. The molecule has 1 atom stereocenters. The van der Waals surface area contributed by atoms with Crippen molar-refractivity contribution in [2.45, 2.75) is 6.42 Å². The fraction of sp³-hybridized carbons (Fsp3) is 0.600. The van der Waals surface area contributed by atoms with E-state index in [0.29, 0.717) is 0 Å². The van der Waals surface area contributed by atoms with E-state index in [0.717, 1.165) is 18.3 Å². The van der Waals surface area contributed by atoms with Gasteiger partial charge >= 0.3 is 0 Å². The largest absolute Gasteiger partial charge is 0.386 e. The van der Waals surface area contributed by atoms with Crippen LogP contribution < -0.4 is 11.1 Å². The third-order valence-corrected chi connectivity index (χ3v) is 1.68. The molecule has 2 rings (SSSR count). The smallest absolute Gasteiger partial charge is 0.0955 e. The van der Waals surface area contributed by atoms with Crippen molar-refractivity contribution in [3.63, 3.8) is 0 Å². The predicted octanol–water partition coefficient (Wildman–Crippen LogP) is 0.202. The summed E-state index contributed by atoms with van der Waals surface area (Å²) >= 11 is 0. The van der Waals surface area contributed by atoms with E-state index in [-0.39, 0.29) is 12.4 Å². The van der Waals surface area contributed by atoms with Crippen LogP contribution in [0.5, 0.6) is 0 Å². The van der Waals surface area contributed by atoms with Gasteiger partial charge in [-0.15, -0.1) is 12.4 Å². The number of hydrogen-bond acceptors (Lipinski definition) is 2. The Kier molecular flexibility index (Phi) is 1.12. The molecule has 3 N–H and O–H groups in total. The predicted molar refractivity (Wildman–Crippen MR) is 34.6 cm³/mol. The van der Waals surface area contributed by atoms with Crippen LogP contribution in [-0.4, -0.2) is 6.54 Å². The van der Waals surface area contributed by atoms with E-state index in [1.54, 1.807) is 0 Å². The van der Waals surface area contributed by atoms with Crippen LogP contribution in [0.2, 0.25) is 0 Å². The lowest BCUT2D eigenvalue weighted by molar-refractivity contribution is 0.764. The van der Waals surface area contributed by atoms with Gasteiger partial charge in [-0.05, 0) is 12.0 Å². The summed E-state index contributed by atoms with van der Waals surface area (Å²) in [7, 11) is 0. The summed E-state index contributed by atoms with van der Waals surface area (Å²) in [5.74, 6) is 1.78. The summed E-state index contributed by atoms with van der Waals surface area (Å²) < 4.78 is 0. The van der Waals surface area contributed by atoms with E-state index in [2.05, 4.69) is 5.32 Å². The minimum absolute atomic E-state index is 0. The fourth-order valence-electron chi connectivity index (χ4n) is 1.08. The maximum Gasteiger partial charge on any atom is 0.0955 e. The molecule has 1 saturated carbocycles. The molecule has 8 heavy (non-hydrogen) atoms. The van der Waals surface area contributed by atoms with Crippen LogP contribution in [0.15, 0.2) is 11.4 Å². The Morgan fingerprint density at radius 3 is 2.50 bits per heavy atom. The van der Waals surface area contributed by atoms with Gasteiger partial charge < -0.3 is 11.1 Å². The lowest BCUT2D eigenvalue weighted by Gasteiger charge is -1.94. The van der Waals surface area contributed by atoms with Gasteiger partial charge in [0.15, 0.2) is 0 Å². The van der Waals surface area contributed by atoms with Gasteiger partial charge in [0.05, 0.1) is 5.82 Å². The molecule has 1 heterocycles. The van der Waals surface area contributed by atoms with Gasteiger partial charge in [-0.1, -0.05) is 0 Å². The molecule has 0 bridgehead atoms. The second kappa shape index (κ2) is 1.55. The van der Waals surface area contributed by atoms with Crippen LogP contribution in [-0.2, 0) is 0 Å². The Bertz CT molecular complexity index is 141. The van der Waals surface area contributed by atoms with E-state index in [1.807, 2.05) is 0 Å². The van der Waals surface area contributed by atoms with Gasteiger partial charge in [-0.25, -0.2) is 0 Å². The second-order valence-corrected chi connectivity index (χ2v) is 2.22. The van der Waals surface area contributed by atoms with Crippen molar-refractivity contribution in [1.82, 2.24) is 5.32 Å². The molecule has 0 spiro atoms. The normalized spacial score (nSPS) is 30.8. The van der Waals surface area contributed by atoms with Gasteiger partial charge in [0, 0.05) is 12.5 Å². The van der Waals surface area contributed by atoms with Crippen LogP contribution in [0.1, 0.15) is 6.42 Å². The van der Waals surface area contributed by atoms with E-state index in [1.165, 1.54) is 12.0 Å². The molecular formula is C5H9ClN2. The minimum atomic E-state index is 0. The molecule has 1 aliphatic carbocycles. The third-order valence-electron chi connectivity index (χ3n) is 1.68. The standard InChI is InChI=1S/C5H8N2.ClH/c6-5-4-1-3(4)2-7-5;/h3,7H,1-2,6H2;1H. The number of halogens is 1. The maximum atomic E-state index is 5.49. The number of nitrogens with one attached hydrogen (secondary N) is 1. The average molecular weight is 133 g/mol. The highest BCUT2D eigenvalue weighted by Gasteiger charge is 2.36. The first-order valence-electron chi connectivity index (χ1n) is 2.60. The fourth-order valence-corrected chi connectivity index (χ4v) is 1.08. The number of fused-ring (bicyclic) bond motifs is 1. The molecule has 1 fully saturated rings. The highest BCUT2D eigenvalue weighted by Crippen LogP contribution is 2.41. The first-order chi connectivity index (χ1) is 3.38.